The Morgan fingerprint density at radius 3 is 2.79 bits per heavy atom. The van der Waals surface area contributed by atoms with Crippen LogP contribution in [-0.4, -0.2) is 11.8 Å². The molecule has 1 rings (SSSR count). The molecule has 0 radical (unpaired) electrons. The van der Waals surface area contributed by atoms with Gasteiger partial charge in [-0.15, -0.1) is 0 Å². The highest BCUT2D eigenvalue weighted by atomic mass is 16.1. The van der Waals surface area contributed by atoms with Gasteiger partial charge >= 0.3 is 0 Å². The Balaban J connectivity index is 2.39. The fourth-order valence-corrected chi connectivity index (χ4v) is 2.04. The quantitative estimate of drug-likeness (QED) is 0.700. The summed E-state index contributed by atoms with van der Waals surface area (Å²) >= 11 is 0. The van der Waals surface area contributed by atoms with Crippen molar-refractivity contribution < 1.29 is 4.79 Å². The van der Waals surface area contributed by atoms with Crippen molar-refractivity contribution in [2.75, 3.05) is 0 Å². The van der Waals surface area contributed by atoms with Crippen molar-refractivity contribution in [3.8, 4) is 0 Å². The summed E-state index contributed by atoms with van der Waals surface area (Å²) in [6, 6.07) is 0.243. The number of ketones is 1. The number of Topliss-reactive ketones (excluding diaryl/α,β-unsaturated/α-hetero) is 1. The highest BCUT2D eigenvalue weighted by Gasteiger charge is 2.24. The molecule has 0 heterocycles. The Hall–Kier alpha value is -0.630. The third-order valence-corrected chi connectivity index (χ3v) is 3.09. The third-order valence-electron chi connectivity index (χ3n) is 3.09. The second-order valence-corrected chi connectivity index (χ2v) is 4.37. The number of hydrogen-bond donors (Lipinski definition) is 1. The standard InChI is InChI=1S/C12H21NO/c1-3-9(2)7-12(14)10-5-4-6-11(13)8-10/h10-11H,2-8,13H2,1H3. The molecule has 0 aromatic rings. The van der Waals surface area contributed by atoms with E-state index in [9.17, 15) is 4.79 Å². The molecule has 2 atom stereocenters. The minimum atomic E-state index is 0.210. The van der Waals surface area contributed by atoms with Gasteiger partial charge in [-0.1, -0.05) is 25.5 Å². The average Bonchev–Trinajstić information content (AvgIpc) is 2.17. The van der Waals surface area contributed by atoms with Crippen LogP contribution in [0, 0.1) is 5.92 Å². The lowest BCUT2D eigenvalue weighted by Gasteiger charge is -2.25. The molecule has 1 saturated carbocycles. The summed E-state index contributed by atoms with van der Waals surface area (Å²) < 4.78 is 0. The number of carbonyl (C=O) groups is 1. The van der Waals surface area contributed by atoms with Crippen molar-refractivity contribution in [2.24, 2.45) is 11.7 Å². The van der Waals surface area contributed by atoms with E-state index in [1.165, 1.54) is 0 Å². The minimum absolute atomic E-state index is 0.210. The van der Waals surface area contributed by atoms with Crippen molar-refractivity contribution >= 4 is 5.78 Å². The molecule has 2 heteroatoms. The van der Waals surface area contributed by atoms with Gasteiger partial charge in [0.1, 0.15) is 5.78 Å². The zero-order valence-electron chi connectivity index (χ0n) is 9.09. The largest absolute Gasteiger partial charge is 0.328 e. The van der Waals surface area contributed by atoms with Gasteiger partial charge in [0, 0.05) is 18.4 Å². The van der Waals surface area contributed by atoms with Gasteiger partial charge in [-0.05, 0) is 25.7 Å². The highest BCUT2D eigenvalue weighted by Crippen LogP contribution is 2.25. The van der Waals surface area contributed by atoms with E-state index >= 15 is 0 Å². The zero-order valence-corrected chi connectivity index (χ0v) is 9.09. The van der Waals surface area contributed by atoms with Crippen LogP contribution in [0.4, 0.5) is 0 Å². The van der Waals surface area contributed by atoms with Crippen LogP contribution in [-0.2, 0) is 4.79 Å². The molecule has 0 aromatic carbocycles. The lowest BCUT2D eigenvalue weighted by molar-refractivity contribution is -0.123. The van der Waals surface area contributed by atoms with Gasteiger partial charge in [-0.25, -0.2) is 0 Å². The molecule has 0 bridgehead atoms. The van der Waals surface area contributed by atoms with Crippen molar-refractivity contribution in [3.63, 3.8) is 0 Å². The van der Waals surface area contributed by atoms with E-state index in [1.54, 1.807) is 0 Å². The SMILES string of the molecule is C=C(CC)CC(=O)C1CCCC(N)C1. The van der Waals surface area contributed by atoms with Gasteiger partial charge in [-0.2, -0.15) is 0 Å². The van der Waals surface area contributed by atoms with E-state index < -0.39 is 0 Å². The smallest absolute Gasteiger partial charge is 0.140 e. The molecule has 2 N–H and O–H groups in total. The molecule has 0 aliphatic heterocycles. The number of allylic oxidation sites excluding steroid dienone is 1. The maximum absolute atomic E-state index is 11.8. The second-order valence-electron chi connectivity index (χ2n) is 4.37. The van der Waals surface area contributed by atoms with Crippen molar-refractivity contribution in [1.82, 2.24) is 0 Å². The number of carbonyl (C=O) groups excluding carboxylic acids is 1. The summed E-state index contributed by atoms with van der Waals surface area (Å²) in [4.78, 5) is 11.8. The molecule has 1 fully saturated rings. The molecule has 2 unspecified atom stereocenters. The molecule has 0 aromatic heterocycles. The van der Waals surface area contributed by atoms with E-state index in [0.717, 1.165) is 37.7 Å². The van der Waals surface area contributed by atoms with Crippen LogP contribution in [0.3, 0.4) is 0 Å². The first-order chi connectivity index (χ1) is 6.63. The predicted molar refractivity (Wildman–Crippen MR) is 59.0 cm³/mol. The zero-order chi connectivity index (χ0) is 10.6. The van der Waals surface area contributed by atoms with E-state index in [1.807, 2.05) is 6.92 Å². The van der Waals surface area contributed by atoms with Gasteiger partial charge in [-0.3, -0.25) is 4.79 Å². The molecular weight excluding hydrogens is 174 g/mol. The molecule has 1 aliphatic carbocycles. The van der Waals surface area contributed by atoms with Crippen LogP contribution >= 0.6 is 0 Å². The Bertz CT molecular complexity index is 222. The van der Waals surface area contributed by atoms with Gasteiger partial charge in [0.05, 0.1) is 0 Å². The molecule has 0 amide bonds. The van der Waals surface area contributed by atoms with Crippen LogP contribution in [0.2, 0.25) is 0 Å². The molecular formula is C12H21NO. The summed E-state index contributed by atoms with van der Waals surface area (Å²) in [6.07, 6.45) is 5.58. The summed E-state index contributed by atoms with van der Waals surface area (Å²) in [5, 5.41) is 0. The van der Waals surface area contributed by atoms with Crippen LogP contribution in [0.5, 0.6) is 0 Å². The average molecular weight is 195 g/mol. The molecule has 2 nitrogen and oxygen atoms in total. The normalized spacial score (nSPS) is 27.3. The number of nitrogens with two attached hydrogens (primary N) is 1. The fourth-order valence-electron chi connectivity index (χ4n) is 2.04. The first-order valence-corrected chi connectivity index (χ1v) is 5.58. The molecule has 0 saturated heterocycles. The predicted octanol–water partition coefficient (Wildman–Crippen LogP) is 2.43. The molecule has 1 aliphatic rings. The third kappa shape index (κ3) is 3.26. The van der Waals surface area contributed by atoms with E-state index in [4.69, 9.17) is 5.73 Å². The van der Waals surface area contributed by atoms with Crippen molar-refractivity contribution in [3.05, 3.63) is 12.2 Å². The monoisotopic (exact) mass is 195 g/mol. The van der Waals surface area contributed by atoms with Gasteiger partial charge in [0.2, 0.25) is 0 Å². The van der Waals surface area contributed by atoms with E-state index in [0.29, 0.717) is 12.2 Å². The maximum Gasteiger partial charge on any atom is 0.140 e. The molecule has 14 heavy (non-hydrogen) atoms. The van der Waals surface area contributed by atoms with Crippen molar-refractivity contribution in [2.45, 2.75) is 51.5 Å². The maximum atomic E-state index is 11.8. The first-order valence-electron chi connectivity index (χ1n) is 5.58. The summed E-state index contributed by atoms with van der Waals surface area (Å²) in [5.74, 6) is 0.564. The Kier molecular flexibility index (Phi) is 4.33. The lowest BCUT2D eigenvalue weighted by atomic mass is 9.82. The highest BCUT2D eigenvalue weighted by molar-refractivity contribution is 5.83. The van der Waals surface area contributed by atoms with Crippen molar-refractivity contribution in [1.29, 1.82) is 0 Å². The number of rotatable bonds is 4. The Morgan fingerprint density at radius 1 is 1.50 bits per heavy atom. The van der Waals surface area contributed by atoms with Gasteiger partial charge < -0.3 is 5.73 Å². The second kappa shape index (κ2) is 5.30. The van der Waals surface area contributed by atoms with Crippen LogP contribution in [0.1, 0.15) is 45.4 Å². The summed E-state index contributed by atoms with van der Waals surface area (Å²) in [6.45, 7) is 5.92. The lowest BCUT2D eigenvalue weighted by Crippen LogP contribution is -2.31. The van der Waals surface area contributed by atoms with E-state index in [2.05, 4.69) is 6.58 Å². The van der Waals surface area contributed by atoms with Crippen LogP contribution < -0.4 is 5.73 Å². The van der Waals surface area contributed by atoms with Gasteiger partial charge in [0.25, 0.3) is 0 Å². The molecule has 0 spiro atoms. The van der Waals surface area contributed by atoms with Gasteiger partial charge in [0.15, 0.2) is 0 Å². The first kappa shape index (κ1) is 11.4. The minimum Gasteiger partial charge on any atom is -0.328 e. The fraction of sp³-hybridized carbons (Fsp3) is 0.750. The number of hydrogen-bond acceptors (Lipinski definition) is 2. The Labute approximate surface area is 86.6 Å². The van der Waals surface area contributed by atoms with Crippen LogP contribution in [0.15, 0.2) is 12.2 Å². The summed E-state index contributed by atoms with van der Waals surface area (Å²) in [5.41, 5.74) is 6.90. The summed E-state index contributed by atoms with van der Waals surface area (Å²) in [7, 11) is 0. The Morgan fingerprint density at radius 2 is 2.21 bits per heavy atom. The topological polar surface area (TPSA) is 43.1 Å². The van der Waals surface area contributed by atoms with E-state index in [-0.39, 0.29) is 12.0 Å². The molecule has 80 valence electrons. The van der Waals surface area contributed by atoms with Crippen LogP contribution in [0.25, 0.3) is 0 Å².